The fourth-order valence-electron chi connectivity index (χ4n) is 2.24. The predicted octanol–water partition coefficient (Wildman–Crippen LogP) is 3.02. The molecule has 1 atom stereocenters. The number of aliphatic hydroxyl groups is 1. The van der Waals surface area contributed by atoms with Gasteiger partial charge in [-0.05, 0) is 12.3 Å². The highest BCUT2D eigenvalue weighted by Crippen LogP contribution is 2.44. The summed E-state index contributed by atoms with van der Waals surface area (Å²) < 4.78 is 13.6. The summed E-state index contributed by atoms with van der Waals surface area (Å²) in [7, 11) is -2.60. The zero-order valence-electron chi connectivity index (χ0n) is 11.8. The van der Waals surface area contributed by atoms with Gasteiger partial charge in [-0.3, -0.25) is 0 Å². The number of hydrogen-bond acceptors (Lipinski definition) is 2. The summed E-state index contributed by atoms with van der Waals surface area (Å²) in [5, 5.41) is 11.0. The molecule has 0 spiro atoms. The number of rotatable bonds is 6. The van der Waals surface area contributed by atoms with Crippen molar-refractivity contribution in [2.45, 2.75) is 13.3 Å². The first-order chi connectivity index (χ1) is 9.66. The Balaban J connectivity index is 2.37. The Morgan fingerprint density at radius 1 is 0.950 bits per heavy atom. The molecule has 2 rings (SSSR count). The summed E-state index contributed by atoms with van der Waals surface area (Å²) in [5.41, 5.74) is 0. The lowest BCUT2D eigenvalue weighted by Crippen LogP contribution is -2.20. The Kier molecular flexibility index (Phi) is 5.17. The first-order valence-electron chi connectivity index (χ1n) is 6.98. The highest BCUT2D eigenvalue weighted by molar-refractivity contribution is 7.78. The van der Waals surface area contributed by atoms with Crippen LogP contribution in [0.1, 0.15) is 13.3 Å². The van der Waals surface area contributed by atoms with Crippen molar-refractivity contribution in [2.24, 2.45) is 5.92 Å². The first-order valence-corrected chi connectivity index (χ1v) is 8.87. The zero-order valence-corrected chi connectivity index (χ0v) is 12.7. The van der Waals surface area contributed by atoms with Gasteiger partial charge in [-0.2, -0.15) is 0 Å². The first kappa shape index (κ1) is 15.0. The molecule has 0 radical (unpaired) electrons. The third kappa shape index (κ3) is 3.39. The predicted molar refractivity (Wildman–Crippen MR) is 85.5 cm³/mol. The van der Waals surface area contributed by atoms with Gasteiger partial charge < -0.3 is 9.67 Å². The van der Waals surface area contributed by atoms with Gasteiger partial charge >= 0.3 is 0 Å². The van der Waals surface area contributed by atoms with Gasteiger partial charge in [0.05, 0.1) is 0 Å². The van der Waals surface area contributed by atoms with Crippen LogP contribution in [0.15, 0.2) is 60.7 Å². The van der Waals surface area contributed by atoms with Crippen LogP contribution in [0.2, 0.25) is 0 Å². The molecule has 3 heteroatoms. The van der Waals surface area contributed by atoms with Crippen molar-refractivity contribution in [3.05, 3.63) is 60.7 Å². The molecular weight excluding hydrogens is 267 g/mol. The van der Waals surface area contributed by atoms with Crippen LogP contribution in [0.25, 0.3) is 0 Å². The molecule has 0 aliphatic carbocycles. The molecule has 0 saturated heterocycles. The molecule has 0 heterocycles. The minimum atomic E-state index is -2.60. The molecule has 1 unspecified atom stereocenters. The lowest BCUT2D eigenvalue weighted by atomic mass is 10.1. The van der Waals surface area contributed by atoms with E-state index in [1.165, 1.54) is 0 Å². The molecule has 2 aromatic carbocycles. The molecule has 0 aliphatic rings. The normalized spacial score (nSPS) is 13.1. The molecule has 0 aromatic heterocycles. The molecule has 0 bridgehead atoms. The monoisotopic (exact) mass is 288 g/mol. The van der Waals surface area contributed by atoms with Gasteiger partial charge in [0.25, 0.3) is 0 Å². The van der Waals surface area contributed by atoms with Crippen molar-refractivity contribution in [1.29, 1.82) is 0 Å². The largest absolute Gasteiger partial charge is 0.396 e. The van der Waals surface area contributed by atoms with Gasteiger partial charge in [0, 0.05) is 23.4 Å². The molecule has 2 nitrogen and oxygen atoms in total. The molecule has 20 heavy (non-hydrogen) atoms. The van der Waals surface area contributed by atoms with Crippen LogP contribution in [-0.2, 0) is 4.57 Å². The van der Waals surface area contributed by atoms with Crippen LogP contribution >= 0.6 is 7.14 Å². The average molecular weight is 288 g/mol. The summed E-state index contributed by atoms with van der Waals surface area (Å²) in [5.74, 6) is 0.177. The molecule has 0 saturated carbocycles. The van der Waals surface area contributed by atoms with Crippen LogP contribution in [0.5, 0.6) is 0 Å². The summed E-state index contributed by atoms with van der Waals surface area (Å²) in [6.45, 7) is 2.13. The van der Waals surface area contributed by atoms with E-state index in [9.17, 15) is 9.67 Å². The number of benzene rings is 2. The smallest absolute Gasteiger partial charge is 0.143 e. The summed E-state index contributed by atoms with van der Waals surface area (Å²) in [4.78, 5) is 0. The Morgan fingerprint density at radius 2 is 1.40 bits per heavy atom. The maximum absolute atomic E-state index is 13.6. The molecular formula is C17H21O2P. The van der Waals surface area contributed by atoms with Crippen molar-refractivity contribution in [3.8, 4) is 0 Å². The van der Waals surface area contributed by atoms with Crippen molar-refractivity contribution >= 4 is 17.8 Å². The summed E-state index contributed by atoms with van der Waals surface area (Å²) in [6, 6.07) is 19.4. The third-order valence-electron chi connectivity index (χ3n) is 3.60. The Hall–Kier alpha value is -1.37. The van der Waals surface area contributed by atoms with Crippen LogP contribution < -0.4 is 10.6 Å². The molecule has 1 N–H and O–H groups in total. The SMILES string of the molecule is CC(CO)CCP(=O)(c1ccccc1)c1ccccc1. The van der Waals surface area contributed by atoms with Crippen LogP contribution in [-0.4, -0.2) is 17.9 Å². The van der Waals surface area contributed by atoms with Gasteiger partial charge in [-0.1, -0.05) is 67.6 Å². The van der Waals surface area contributed by atoms with Gasteiger partial charge in [-0.25, -0.2) is 0 Å². The van der Waals surface area contributed by atoms with E-state index in [1.807, 2.05) is 67.6 Å². The number of aliphatic hydroxyl groups excluding tert-OH is 1. The molecule has 0 amide bonds. The minimum absolute atomic E-state index is 0.142. The van der Waals surface area contributed by atoms with E-state index in [-0.39, 0.29) is 12.5 Å². The second kappa shape index (κ2) is 6.88. The van der Waals surface area contributed by atoms with Crippen molar-refractivity contribution in [1.82, 2.24) is 0 Å². The maximum Gasteiger partial charge on any atom is 0.143 e. The van der Waals surface area contributed by atoms with E-state index in [0.717, 1.165) is 17.0 Å². The second-order valence-electron chi connectivity index (χ2n) is 5.21. The zero-order chi connectivity index (χ0) is 14.4. The fraction of sp³-hybridized carbons (Fsp3) is 0.294. The Morgan fingerprint density at radius 3 is 1.80 bits per heavy atom. The van der Waals surface area contributed by atoms with Crippen molar-refractivity contribution < 1.29 is 9.67 Å². The van der Waals surface area contributed by atoms with Gasteiger partial charge in [0.15, 0.2) is 0 Å². The summed E-state index contributed by atoms with van der Waals surface area (Å²) >= 11 is 0. The highest BCUT2D eigenvalue weighted by Gasteiger charge is 2.27. The lowest BCUT2D eigenvalue weighted by Gasteiger charge is -2.20. The topological polar surface area (TPSA) is 37.3 Å². The third-order valence-corrected chi connectivity index (χ3v) is 6.75. The van der Waals surface area contributed by atoms with Crippen LogP contribution in [0, 0.1) is 5.92 Å². The fourth-order valence-corrected chi connectivity index (χ4v) is 5.16. The quantitative estimate of drug-likeness (QED) is 0.830. The van der Waals surface area contributed by atoms with E-state index in [0.29, 0.717) is 6.16 Å². The molecule has 0 fully saturated rings. The van der Waals surface area contributed by atoms with Crippen LogP contribution in [0.3, 0.4) is 0 Å². The summed E-state index contributed by atoms with van der Waals surface area (Å²) in [6.07, 6.45) is 1.36. The molecule has 106 valence electrons. The van der Waals surface area contributed by atoms with Crippen molar-refractivity contribution in [2.75, 3.05) is 12.8 Å². The van der Waals surface area contributed by atoms with E-state index in [1.54, 1.807) is 0 Å². The van der Waals surface area contributed by atoms with E-state index < -0.39 is 7.14 Å². The van der Waals surface area contributed by atoms with E-state index >= 15 is 0 Å². The van der Waals surface area contributed by atoms with Gasteiger partial charge in [-0.15, -0.1) is 0 Å². The second-order valence-corrected chi connectivity index (χ2v) is 8.17. The average Bonchev–Trinajstić information content (AvgIpc) is 2.54. The maximum atomic E-state index is 13.6. The standard InChI is InChI=1S/C17H21O2P/c1-15(14-18)12-13-20(19,16-8-4-2-5-9-16)17-10-6-3-7-11-17/h2-11,15,18H,12-14H2,1H3. The van der Waals surface area contributed by atoms with Crippen LogP contribution in [0.4, 0.5) is 0 Å². The molecule has 2 aromatic rings. The molecule has 0 aliphatic heterocycles. The van der Waals surface area contributed by atoms with Gasteiger partial charge in [0.1, 0.15) is 7.14 Å². The minimum Gasteiger partial charge on any atom is -0.396 e. The van der Waals surface area contributed by atoms with E-state index in [2.05, 4.69) is 0 Å². The Bertz CT molecular complexity index is 523. The lowest BCUT2D eigenvalue weighted by molar-refractivity contribution is 0.234. The highest BCUT2D eigenvalue weighted by atomic mass is 31.2. The number of hydrogen-bond donors (Lipinski definition) is 1. The van der Waals surface area contributed by atoms with E-state index in [4.69, 9.17) is 0 Å². The van der Waals surface area contributed by atoms with Gasteiger partial charge in [0.2, 0.25) is 0 Å². The van der Waals surface area contributed by atoms with Crippen molar-refractivity contribution in [3.63, 3.8) is 0 Å². The Labute approximate surface area is 120 Å².